The summed E-state index contributed by atoms with van der Waals surface area (Å²) in [4.78, 5) is 14.3. The number of benzene rings is 1. The molecule has 112 valence electrons. The van der Waals surface area contributed by atoms with Gasteiger partial charge in [0, 0.05) is 37.1 Å². The molecule has 1 heterocycles. The van der Waals surface area contributed by atoms with Gasteiger partial charge in [0.1, 0.15) is 5.82 Å². The number of unbranched alkanes of at least 4 members (excludes halogenated alkanes) is 1. The van der Waals surface area contributed by atoms with Gasteiger partial charge in [0.2, 0.25) is 0 Å². The number of aryl methyl sites for hydroxylation is 1. The van der Waals surface area contributed by atoms with Gasteiger partial charge in [0.15, 0.2) is 0 Å². The van der Waals surface area contributed by atoms with Gasteiger partial charge in [-0.25, -0.2) is 9.37 Å². The summed E-state index contributed by atoms with van der Waals surface area (Å²) in [7, 11) is 0. The van der Waals surface area contributed by atoms with Gasteiger partial charge in [-0.05, 0) is 31.5 Å². The minimum atomic E-state index is -0.491. The molecule has 21 heavy (non-hydrogen) atoms. The quantitative estimate of drug-likeness (QED) is 0.461. The van der Waals surface area contributed by atoms with Crippen molar-refractivity contribution in [2.24, 2.45) is 0 Å². The van der Waals surface area contributed by atoms with Crippen molar-refractivity contribution >= 4 is 5.69 Å². The highest BCUT2D eigenvalue weighted by molar-refractivity contribution is 5.40. The SMILES string of the molecule is O=[N+]([O-])c1ccc(F)cc1CNCCCCn1ccnc1. The van der Waals surface area contributed by atoms with Gasteiger partial charge in [-0.1, -0.05) is 0 Å². The molecule has 0 radical (unpaired) electrons. The predicted molar refractivity (Wildman–Crippen MR) is 76.2 cm³/mol. The Labute approximate surface area is 121 Å². The van der Waals surface area contributed by atoms with Crippen LogP contribution in [-0.2, 0) is 13.1 Å². The van der Waals surface area contributed by atoms with Crippen molar-refractivity contribution in [1.29, 1.82) is 0 Å². The van der Waals surface area contributed by atoms with Crippen molar-refractivity contribution in [3.63, 3.8) is 0 Å². The molecule has 0 aliphatic rings. The van der Waals surface area contributed by atoms with E-state index in [2.05, 4.69) is 10.3 Å². The summed E-state index contributed by atoms with van der Waals surface area (Å²) in [6.07, 6.45) is 7.32. The molecule has 1 aromatic carbocycles. The fraction of sp³-hybridized carbons (Fsp3) is 0.357. The van der Waals surface area contributed by atoms with Gasteiger partial charge in [-0.15, -0.1) is 0 Å². The maximum atomic E-state index is 13.1. The Kier molecular flexibility index (Phi) is 5.39. The van der Waals surface area contributed by atoms with Crippen molar-refractivity contribution in [1.82, 2.24) is 14.9 Å². The minimum absolute atomic E-state index is 0.0534. The molecule has 1 N–H and O–H groups in total. The van der Waals surface area contributed by atoms with Crippen LogP contribution in [0.3, 0.4) is 0 Å². The Bertz CT molecular complexity index is 587. The Morgan fingerprint density at radius 1 is 1.38 bits per heavy atom. The van der Waals surface area contributed by atoms with Crippen LogP contribution >= 0.6 is 0 Å². The van der Waals surface area contributed by atoms with Crippen LogP contribution in [0.2, 0.25) is 0 Å². The standard InChI is InChI=1S/C14H17FN4O2/c15-13-3-4-14(19(20)21)12(9-13)10-16-5-1-2-7-18-8-6-17-11-18/h3-4,6,8-9,11,16H,1-2,5,7,10H2. The molecule has 0 saturated heterocycles. The first-order valence-corrected chi connectivity index (χ1v) is 6.76. The van der Waals surface area contributed by atoms with Crippen LogP contribution in [0.4, 0.5) is 10.1 Å². The van der Waals surface area contributed by atoms with Gasteiger partial charge in [0.25, 0.3) is 5.69 Å². The first-order chi connectivity index (χ1) is 10.2. The molecular formula is C14H17FN4O2. The maximum Gasteiger partial charge on any atom is 0.274 e. The van der Waals surface area contributed by atoms with E-state index < -0.39 is 10.7 Å². The molecule has 2 rings (SSSR count). The molecular weight excluding hydrogens is 275 g/mol. The van der Waals surface area contributed by atoms with Crippen molar-refractivity contribution in [2.75, 3.05) is 6.54 Å². The number of rotatable bonds is 8. The van der Waals surface area contributed by atoms with E-state index >= 15 is 0 Å². The fourth-order valence-electron chi connectivity index (χ4n) is 2.06. The highest BCUT2D eigenvalue weighted by atomic mass is 19.1. The van der Waals surface area contributed by atoms with E-state index in [0.29, 0.717) is 12.1 Å². The van der Waals surface area contributed by atoms with Crippen molar-refractivity contribution in [3.8, 4) is 0 Å². The normalized spacial score (nSPS) is 10.7. The molecule has 2 aromatic rings. The monoisotopic (exact) mass is 292 g/mol. The lowest BCUT2D eigenvalue weighted by Gasteiger charge is -2.06. The average Bonchev–Trinajstić information content (AvgIpc) is 2.95. The second-order valence-corrected chi connectivity index (χ2v) is 4.71. The number of halogens is 1. The highest BCUT2D eigenvalue weighted by Crippen LogP contribution is 2.19. The van der Waals surface area contributed by atoms with Crippen molar-refractivity contribution < 1.29 is 9.31 Å². The minimum Gasteiger partial charge on any atom is -0.337 e. The second-order valence-electron chi connectivity index (χ2n) is 4.71. The average molecular weight is 292 g/mol. The van der Waals surface area contributed by atoms with Crippen LogP contribution in [0.1, 0.15) is 18.4 Å². The lowest BCUT2D eigenvalue weighted by atomic mass is 10.1. The van der Waals surface area contributed by atoms with E-state index in [1.165, 1.54) is 12.1 Å². The largest absolute Gasteiger partial charge is 0.337 e. The second kappa shape index (κ2) is 7.49. The molecule has 0 bridgehead atoms. The molecule has 1 aromatic heterocycles. The summed E-state index contributed by atoms with van der Waals surface area (Å²) in [5.41, 5.74) is 0.317. The number of nitrogens with one attached hydrogen (secondary N) is 1. The number of hydrogen-bond donors (Lipinski definition) is 1. The highest BCUT2D eigenvalue weighted by Gasteiger charge is 2.13. The molecule has 0 aliphatic carbocycles. The van der Waals surface area contributed by atoms with E-state index in [0.717, 1.165) is 32.0 Å². The summed E-state index contributed by atoms with van der Waals surface area (Å²) in [5, 5.41) is 14.0. The molecule has 0 atom stereocenters. The van der Waals surface area contributed by atoms with Gasteiger partial charge >= 0.3 is 0 Å². The zero-order valence-corrected chi connectivity index (χ0v) is 11.5. The topological polar surface area (TPSA) is 73.0 Å². The molecule has 0 fully saturated rings. The van der Waals surface area contributed by atoms with E-state index in [1.807, 2.05) is 10.8 Å². The Balaban J connectivity index is 1.73. The van der Waals surface area contributed by atoms with E-state index in [1.54, 1.807) is 12.5 Å². The lowest BCUT2D eigenvalue weighted by molar-refractivity contribution is -0.385. The van der Waals surface area contributed by atoms with Crippen LogP contribution in [0.25, 0.3) is 0 Å². The number of nitro benzene ring substituents is 1. The summed E-state index contributed by atoms with van der Waals surface area (Å²) < 4.78 is 15.1. The number of nitro groups is 1. The molecule has 0 amide bonds. The van der Waals surface area contributed by atoms with E-state index in [9.17, 15) is 14.5 Å². The Morgan fingerprint density at radius 3 is 2.95 bits per heavy atom. The third-order valence-corrected chi connectivity index (χ3v) is 3.13. The summed E-state index contributed by atoms with van der Waals surface area (Å²) in [6.45, 7) is 1.91. The third kappa shape index (κ3) is 4.64. The van der Waals surface area contributed by atoms with Gasteiger partial charge in [0.05, 0.1) is 11.3 Å². The molecule has 0 saturated carbocycles. The number of imidazole rings is 1. The van der Waals surface area contributed by atoms with Crippen LogP contribution in [0.5, 0.6) is 0 Å². The molecule has 0 spiro atoms. The first-order valence-electron chi connectivity index (χ1n) is 6.76. The first kappa shape index (κ1) is 15.1. The predicted octanol–water partition coefficient (Wildman–Crippen LogP) is 2.50. The summed E-state index contributed by atoms with van der Waals surface area (Å²) >= 11 is 0. The fourth-order valence-corrected chi connectivity index (χ4v) is 2.06. The molecule has 0 aliphatic heterocycles. The lowest BCUT2D eigenvalue weighted by Crippen LogP contribution is -2.16. The van der Waals surface area contributed by atoms with Crippen LogP contribution in [0, 0.1) is 15.9 Å². The van der Waals surface area contributed by atoms with Gasteiger partial charge < -0.3 is 9.88 Å². The molecule has 0 unspecified atom stereocenters. The number of nitrogens with zero attached hydrogens (tertiary/aromatic N) is 3. The zero-order valence-electron chi connectivity index (χ0n) is 11.5. The van der Waals surface area contributed by atoms with Crippen LogP contribution < -0.4 is 5.32 Å². The van der Waals surface area contributed by atoms with Crippen molar-refractivity contribution in [3.05, 3.63) is 58.4 Å². The Hall–Kier alpha value is -2.28. The number of hydrogen-bond acceptors (Lipinski definition) is 4. The zero-order chi connectivity index (χ0) is 15.1. The van der Waals surface area contributed by atoms with Gasteiger partial charge in [-0.2, -0.15) is 0 Å². The smallest absolute Gasteiger partial charge is 0.274 e. The van der Waals surface area contributed by atoms with Gasteiger partial charge in [-0.3, -0.25) is 10.1 Å². The Morgan fingerprint density at radius 2 is 2.24 bits per heavy atom. The van der Waals surface area contributed by atoms with Crippen LogP contribution in [-0.4, -0.2) is 21.0 Å². The molecule has 6 nitrogen and oxygen atoms in total. The van der Waals surface area contributed by atoms with Crippen molar-refractivity contribution in [2.45, 2.75) is 25.9 Å². The summed E-state index contributed by atoms with van der Waals surface area (Å²) in [6, 6.07) is 3.51. The third-order valence-electron chi connectivity index (χ3n) is 3.13. The van der Waals surface area contributed by atoms with Crippen LogP contribution in [0.15, 0.2) is 36.9 Å². The van der Waals surface area contributed by atoms with E-state index in [4.69, 9.17) is 0 Å². The maximum absolute atomic E-state index is 13.1. The van der Waals surface area contributed by atoms with E-state index in [-0.39, 0.29) is 5.69 Å². The number of aromatic nitrogens is 2. The summed E-state index contributed by atoms with van der Waals surface area (Å²) in [5.74, 6) is -0.461. The molecule has 7 heteroatoms.